The van der Waals surface area contributed by atoms with Gasteiger partial charge >= 0.3 is 0 Å². The van der Waals surface area contributed by atoms with Gasteiger partial charge in [-0.15, -0.1) is 0 Å². The molecule has 0 saturated carbocycles. The SMILES string of the molecule is CN1CCN(C(=O)c2cnc(N(C)C3CCS(=O)(=O)C3)nc2)CC1. The van der Waals surface area contributed by atoms with Gasteiger partial charge in [0.2, 0.25) is 5.95 Å². The molecule has 2 saturated heterocycles. The van der Waals surface area contributed by atoms with Crippen LogP contribution in [0, 0.1) is 0 Å². The molecule has 0 aliphatic carbocycles. The van der Waals surface area contributed by atoms with E-state index in [9.17, 15) is 13.2 Å². The van der Waals surface area contributed by atoms with E-state index in [1.807, 2.05) is 11.9 Å². The van der Waals surface area contributed by atoms with Gasteiger partial charge in [0.25, 0.3) is 5.91 Å². The third kappa shape index (κ3) is 3.67. The lowest BCUT2D eigenvalue weighted by Crippen LogP contribution is -2.47. The Labute approximate surface area is 142 Å². The van der Waals surface area contributed by atoms with Gasteiger partial charge in [-0.3, -0.25) is 4.79 Å². The molecule has 9 heteroatoms. The lowest BCUT2D eigenvalue weighted by atomic mass is 10.2. The van der Waals surface area contributed by atoms with Gasteiger partial charge < -0.3 is 14.7 Å². The summed E-state index contributed by atoms with van der Waals surface area (Å²) < 4.78 is 23.2. The van der Waals surface area contributed by atoms with Crippen molar-refractivity contribution < 1.29 is 13.2 Å². The minimum atomic E-state index is -2.95. The quantitative estimate of drug-likeness (QED) is 0.723. The second-order valence-electron chi connectivity index (χ2n) is 6.53. The number of carbonyl (C=O) groups is 1. The Morgan fingerprint density at radius 2 is 1.83 bits per heavy atom. The first-order chi connectivity index (χ1) is 11.4. The van der Waals surface area contributed by atoms with Crippen LogP contribution < -0.4 is 4.90 Å². The van der Waals surface area contributed by atoms with Gasteiger partial charge in [-0.2, -0.15) is 0 Å². The van der Waals surface area contributed by atoms with Crippen LogP contribution in [0.2, 0.25) is 0 Å². The van der Waals surface area contributed by atoms with Crippen molar-refractivity contribution in [3.05, 3.63) is 18.0 Å². The lowest BCUT2D eigenvalue weighted by Gasteiger charge is -2.32. The number of piperazine rings is 1. The van der Waals surface area contributed by atoms with E-state index in [0.717, 1.165) is 13.1 Å². The number of carbonyl (C=O) groups excluding carboxylic acids is 1. The summed E-state index contributed by atoms with van der Waals surface area (Å²) in [7, 11) is 0.884. The van der Waals surface area contributed by atoms with Gasteiger partial charge in [0.05, 0.1) is 17.1 Å². The van der Waals surface area contributed by atoms with Crippen LogP contribution in [0.5, 0.6) is 0 Å². The van der Waals surface area contributed by atoms with Crippen LogP contribution in [0.15, 0.2) is 12.4 Å². The summed E-state index contributed by atoms with van der Waals surface area (Å²) in [5, 5.41) is 0. The first-order valence-electron chi connectivity index (χ1n) is 8.09. The van der Waals surface area contributed by atoms with E-state index in [2.05, 4.69) is 14.9 Å². The van der Waals surface area contributed by atoms with Gasteiger partial charge in [-0.05, 0) is 13.5 Å². The number of nitrogens with zero attached hydrogens (tertiary/aromatic N) is 5. The minimum Gasteiger partial charge on any atom is -0.340 e. The van der Waals surface area contributed by atoms with E-state index < -0.39 is 9.84 Å². The molecule has 0 bridgehead atoms. The second-order valence-corrected chi connectivity index (χ2v) is 8.76. The zero-order valence-corrected chi connectivity index (χ0v) is 14.9. The molecule has 1 amide bonds. The first-order valence-corrected chi connectivity index (χ1v) is 9.91. The highest BCUT2D eigenvalue weighted by Gasteiger charge is 2.31. The number of likely N-dealkylation sites (N-methyl/N-ethyl adjacent to an activating group) is 1. The van der Waals surface area contributed by atoms with Crippen LogP contribution in [-0.2, 0) is 9.84 Å². The number of anilines is 1. The maximum Gasteiger partial charge on any atom is 0.257 e. The fraction of sp³-hybridized carbons (Fsp3) is 0.667. The highest BCUT2D eigenvalue weighted by molar-refractivity contribution is 7.91. The van der Waals surface area contributed by atoms with E-state index in [-0.39, 0.29) is 23.5 Å². The second kappa shape index (κ2) is 6.64. The Morgan fingerprint density at radius 1 is 1.21 bits per heavy atom. The molecule has 2 aliphatic heterocycles. The van der Waals surface area contributed by atoms with E-state index in [1.54, 1.807) is 11.9 Å². The molecule has 2 aliphatic rings. The monoisotopic (exact) mass is 353 g/mol. The van der Waals surface area contributed by atoms with Crippen molar-refractivity contribution in [1.29, 1.82) is 0 Å². The summed E-state index contributed by atoms with van der Waals surface area (Å²) in [5.74, 6) is 0.740. The largest absolute Gasteiger partial charge is 0.340 e. The predicted octanol–water partition coefficient (Wildman–Crippen LogP) is -0.512. The molecule has 0 radical (unpaired) electrons. The number of aromatic nitrogens is 2. The maximum atomic E-state index is 12.5. The van der Waals surface area contributed by atoms with E-state index in [0.29, 0.717) is 31.0 Å². The predicted molar refractivity (Wildman–Crippen MR) is 90.9 cm³/mol. The average Bonchev–Trinajstić information content (AvgIpc) is 2.94. The highest BCUT2D eigenvalue weighted by Crippen LogP contribution is 2.20. The van der Waals surface area contributed by atoms with Gasteiger partial charge in [0.1, 0.15) is 0 Å². The fourth-order valence-electron chi connectivity index (χ4n) is 3.05. The molecular weight excluding hydrogens is 330 g/mol. The van der Waals surface area contributed by atoms with E-state index in [1.165, 1.54) is 12.4 Å². The van der Waals surface area contributed by atoms with Gasteiger partial charge in [0, 0.05) is 51.7 Å². The Kier molecular flexibility index (Phi) is 4.73. The number of hydrogen-bond donors (Lipinski definition) is 0. The normalized spacial score (nSPS) is 24.1. The number of rotatable bonds is 3. The smallest absolute Gasteiger partial charge is 0.257 e. The van der Waals surface area contributed by atoms with Crippen LogP contribution in [0.3, 0.4) is 0 Å². The zero-order chi connectivity index (χ0) is 17.3. The van der Waals surface area contributed by atoms with Crippen LogP contribution in [-0.4, -0.2) is 91.9 Å². The van der Waals surface area contributed by atoms with Gasteiger partial charge in [-0.1, -0.05) is 0 Å². The summed E-state index contributed by atoms with van der Waals surface area (Å²) in [6, 6.07) is -0.103. The Morgan fingerprint density at radius 3 is 2.38 bits per heavy atom. The summed E-state index contributed by atoms with van der Waals surface area (Å²) in [4.78, 5) is 26.8. The molecular formula is C15H23N5O3S. The van der Waals surface area contributed by atoms with Gasteiger partial charge in [-0.25, -0.2) is 18.4 Å². The van der Waals surface area contributed by atoms with Crippen LogP contribution in [0.25, 0.3) is 0 Å². The van der Waals surface area contributed by atoms with Crippen LogP contribution in [0.4, 0.5) is 5.95 Å². The highest BCUT2D eigenvalue weighted by atomic mass is 32.2. The third-order valence-corrected chi connectivity index (χ3v) is 6.50. The molecule has 1 aromatic heterocycles. The van der Waals surface area contributed by atoms with Crippen LogP contribution in [0.1, 0.15) is 16.8 Å². The molecule has 8 nitrogen and oxygen atoms in total. The molecule has 1 unspecified atom stereocenters. The topological polar surface area (TPSA) is 86.7 Å². The number of amides is 1. The Balaban J connectivity index is 1.66. The summed E-state index contributed by atoms with van der Waals surface area (Å²) in [6.07, 6.45) is 3.65. The van der Waals surface area contributed by atoms with Crippen molar-refractivity contribution in [3.8, 4) is 0 Å². The Hall–Kier alpha value is -1.74. The van der Waals surface area contributed by atoms with Crippen LogP contribution >= 0.6 is 0 Å². The summed E-state index contributed by atoms with van der Waals surface area (Å²) in [6.45, 7) is 3.14. The summed E-state index contributed by atoms with van der Waals surface area (Å²) in [5.41, 5.74) is 0.468. The van der Waals surface area contributed by atoms with Crippen molar-refractivity contribution in [2.75, 3.05) is 56.7 Å². The van der Waals surface area contributed by atoms with Crippen molar-refractivity contribution in [2.24, 2.45) is 0 Å². The van der Waals surface area contributed by atoms with Crippen molar-refractivity contribution >= 4 is 21.7 Å². The molecule has 132 valence electrons. The molecule has 0 N–H and O–H groups in total. The molecule has 2 fully saturated rings. The standard InChI is InChI=1S/C15H23N5O3S/c1-18-4-6-20(7-5-18)14(21)12-9-16-15(17-10-12)19(2)13-3-8-24(22,23)11-13/h9-10,13H,3-8,11H2,1-2H3. The fourth-order valence-corrected chi connectivity index (χ4v) is 4.82. The maximum absolute atomic E-state index is 12.5. The average molecular weight is 353 g/mol. The number of sulfone groups is 1. The first kappa shape index (κ1) is 17.1. The van der Waals surface area contributed by atoms with E-state index in [4.69, 9.17) is 0 Å². The summed E-state index contributed by atoms with van der Waals surface area (Å²) >= 11 is 0. The molecule has 3 heterocycles. The van der Waals surface area contributed by atoms with Crippen molar-refractivity contribution in [1.82, 2.24) is 19.8 Å². The molecule has 1 atom stereocenters. The zero-order valence-electron chi connectivity index (χ0n) is 14.1. The lowest BCUT2D eigenvalue weighted by molar-refractivity contribution is 0.0663. The molecule has 0 spiro atoms. The molecule has 0 aromatic carbocycles. The third-order valence-electron chi connectivity index (χ3n) is 4.75. The minimum absolute atomic E-state index is 0.0549. The van der Waals surface area contributed by atoms with Crippen molar-refractivity contribution in [3.63, 3.8) is 0 Å². The van der Waals surface area contributed by atoms with Crippen molar-refractivity contribution in [2.45, 2.75) is 12.5 Å². The molecule has 24 heavy (non-hydrogen) atoms. The Bertz CT molecular complexity index is 698. The van der Waals surface area contributed by atoms with E-state index >= 15 is 0 Å². The molecule has 1 aromatic rings. The number of hydrogen-bond acceptors (Lipinski definition) is 7. The van der Waals surface area contributed by atoms with Gasteiger partial charge in [0.15, 0.2) is 9.84 Å². The molecule has 3 rings (SSSR count).